The number of methoxy groups -OCH3 is 1. The molecule has 98 valence electrons. The van der Waals surface area contributed by atoms with E-state index in [0.29, 0.717) is 0 Å². The molecule has 0 amide bonds. The van der Waals surface area contributed by atoms with Crippen molar-refractivity contribution in [3.8, 4) is 5.75 Å². The Bertz CT molecular complexity index is 566. The van der Waals surface area contributed by atoms with Crippen LogP contribution >= 0.6 is 0 Å². The number of para-hydroxylation sites is 1. The molecule has 2 aromatic carbocycles. The Labute approximate surface area is 114 Å². The number of hydrogen-bond acceptors (Lipinski definition) is 2. The molecule has 0 aromatic heterocycles. The van der Waals surface area contributed by atoms with Gasteiger partial charge in [-0.2, -0.15) is 0 Å². The molecule has 1 aliphatic carbocycles. The molecule has 0 fully saturated rings. The molecule has 2 heteroatoms. The Kier molecular flexibility index (Phi) is 3.03. The van der Waals surface area contributed by atoms with Crippen LogP contribution in [0.1, 0.15) is 16.7 Å². The molecule has 2 N–H and O–H groups in total. The van der Waals surface area contributed by atoms with Gasteiger partial charge >= 0.3 is 0 Å². The van der Waals surface area contributed by atoms with E-state index in [-0.39, 0.29) is 5.54 Å². The van der Waals surface area contributed by atoms with Gasteiger partial charge in [-0.05, 0) is 42.0 Å². The van der Waals surface area contributed by atoms with Crippen LogP contribution < -0.4 is 10.5 Å². The molecule has 1 aliphatic rings. The van der Waals surface area contributed by atoms with E-state index in [0.717, 1.165) is 25.0 Å². The van der Waals surface area contributed by atoms with Crippen molar-refractivity contribution >= 4 is 0 Å². The van der Waals surface area contributed by atoms with Crippen molar-refractivity contribution in [2.75, 3.05) is 7.11 Å². The summed E-state index contributed by atoms with van der Waals surface area (Å²) in [6.45, 7) is 0. The quantitative estimate of drug-likeness (QED) is 0.913. The number of benzene rings is 2. The number of nitrogens with two attached hydrogens (primary N) is 1. The first-order valence-electron chi connectivity index (χ1n) is 6.68. The topological polar surface area (TPSA) is 35.2 Å². The van der Waals surface area contributed by atoms with Crippen molar-refractivity contribution in [2.24, 2.45) is 5.73 Å². The van der Waals surface area contributed by atoms with E-state index < -0.39 is 0 Å². The summed E-state index contributed by atoms with van der Waals surface area (Å²) in [6, 6.07) is 16.7. The molecule has 0 aliphatic heterocycles. The van der Waals surface area contributed by atoms with Crippen molar-refractivity contribution < 1.29 is 4.74 Å². The number of rotatable bonds is 3. The third kappa shape index (κ3) is 2.36. The van der Waals surface area contributed by atoms with E-state index in [4.69, 9.17) is 10.5 Å². The van der Waals surface area contributed by atoms with Crippen LogP contribution in [0.2, 0.25) is 0 Å². The standard InChI is InChI=1S/C17H19NO/c1-19-16-9-5-4-8-15(16)12-17(18)10-13-6-2-3-7-14(13)11-17/h2-9H,10-12,18H2,1H3. The van der Waals surface area contributed by atoms with E-state index in [1.54, 1.807) is 7.11 Å². The molecule has 19 heavy (non-hydrogen) atoms. The van der Waals surface area contributed by atoms with Gasteiger partial charge in [0.05, 0.1) is 7.11 Å². The summed E-state index contributed by atoms with van der Waals surface area (Å²) in [5.74, 6) is 0.934. The summed E-state index contributed by atoms with van der Waals surface area (Å²) < 4.78 is 5.42. The average molecular weight is 253 g/mol. The minimum atomic E-state index is -0.182. The van der Waals surface area contributed by atoms with Gasteiger partial charge in [0, 0.05) is 5.54 Å². The fourth-order valence-corrected chi connectivity index (χ4v) is 3.08. The van der Waals surface area contributed by atoms with Crippen LogP contribution in [0.4, 0.5) is 0 Å². The lowest BCUT2D eigenvalue weighted by molar-refractivity contribution is 0.393. The second kappa shape index (κ2) is 4.71. The van der Waals surface area contributed by atoms with Gasteiger partial charge in [0.15, 0.2) is 0 Å². The van der Waals surface area contributed by atoms with Crippen LogP contribution in [0.15, 0.2) is 48.5 Å². The lowest BCUT2D eigenvalue weighted by atomic mass is 9.88. The highest BCUT2D eigenvalue weighted by molar-refractivity contribution is 5.40. The van der Waals surface area contributed by atoms with E-state index in [9.17, 15) is 0 Å². The Balaban J connectivity index is 1.85. The summed E-state index contributed by atoms with van der Waals surface area (Å²) in [4.78, 5) is 0. The molecular weight excluding hydrogens is 234 g/mol. The molecule has 3 rings (SSSR count). The maximum atomic E-state index is 6.61. The second-order valence-electron chi connectivity index (χ2n) is 5.47. The zero-order valence-electron chi connectivity index (χ0n) is 11.2. The summed E-state index contributed by atoms with van der Waals surface area (Å²) >= 11 is 0. The van der Waals surface area contributed by atoms with Crippen LogP contribution in [0, 0.1) is 0 Å². The highest BCUT2D eigenvalue weighted by Gasteiger charge is 2.33. The van der Waals surface area contributed by atoms with E-state index in [1.165, 1.54) is 16.7 Å². The third-order valence-electron chi connectivity index (χ3n) is 3.94. The largest absolute Gasteiger partial charge is 0.496 e. The normalized spacial score (nSPS) is 16.1. The Hall–Kier alpha value is -1.80. The van der Waals surface area contributed by atoms with E-state index >= 15 is 0 Å². The van der Waals surface area contributed by atoms with E-state index in [1.807, 2.05) is 18.2 Å². The number of ether oxygens (including phenoxy) is 1. The van der Waals surface area contributed by atoms with Gasteiger partial charge in [0.2, 0.25) is 0 Å². The monoisotopic (exact) mass is 253 g/mol. The fraction of sp³-hybridized carbons (Fsp3) is 0.294. The Morgan fingerprint density at radius 1 is 1.00 bits per heavy atom. The highest BCUT2D eigenvalue weighted by atomic mass is 16.5. The molecule has 0 bridgehead atoms. The van der Waals surface area contributed by atoms with E-state index in [2.05, 4.69) is 30.3 Å². The van der Waals surface area contributed by atoms with Gasteiger partial charge < -0.3 is 10.5 Å². The SMILES string of the molecule is COc1ccccc1CC1(N)Cc2ccccc2C1. The lowest BCUT2D eigenvalue weighted by Gasteiger charge is -2.24. The van der Waals surface area contributed by atoms with Crippen molar-refractivity contribution in [1.82, 2.24) is 0 Å². The van der Waals surface area contributed by atoms with Gasteiger partial charge in [-0.25, -0.2) is 0 Å². The van der Waals surface area contributed by atoms with Crippen LogP contribution in [0.5, 0.6) is 5.75 Å². The van der Waals surface area contributed by atoms with Crippen LogP contribution in [0.25, 0.3) is 0 Å². The van der Waals surface area contributed by atoms with Crippen molar-refractivity contribution in [3.05, 3.63) is 65.2 Å². The van der Waals surface area contributed by atoms with Crippen molar-refractivity contribution in [3.63, 3.8) is 0 Å². The smallest absolute Gasteiger partial charge is 0.122 e. The molecule has 0 radical (unpaired) electrons. The lowest BCUT2D eigenvalue weighted by Crippen LogP contribution is -2.43. The molecule has 0 unspecified atom stereocenters. The molecule has 2 aromatic rings. The Morgan fingerprint density at radius 3 is 2.21 bits per heavy atom. The maximum absolute atomic E-state index is 6.61. The van der Waals surface area contributed by atoms with Crippen molar-refractivity contribution in [1.29, 1.82) is 0 Å². The van der Waals surface area contributed by atoms with Crippen molar-refractivity contribution in [2.45, 2.75) is 24.8 Å². The highest BCUT2D eigenvalue weighted by Crippen LogP contribution is 2.32. The molecule has 0 spiro atoms. The Morgan fingerprint density at radius 2 is 1.58 bits per heavy atom. The van der Waals surface area contributed by atoms with Gasteiger partial charge in [0.25, 0.3) is 0 Å². The summed E-state index contributed by atoms with van der Waals surface area (Å²) in [5, 5.41) is 0. The number of hydrogen-bond donors (Lipinski definition) is 1. The molecule has 0 atom stereocenters. The zero-order valence-corrected chi connectivity index (χ0v) is 11.2. The van der Waals surface area contributed by atoms with Crippen LogP contribution in [-0.4, -0.2) is 12.6 Å². The maximum Gasteiger partial charge on any atom is 0.122 e. The molecule has 0 saturated heterocycles. The molecular formula is C17H19NO. The predicted octanol–water partition coefficient (Wildman–Crippen LogP) is 2.73. The van der Waals surface area contributed by atoms with Gasteiger partial charge in [-0.1, -0.05) is 42.5 Å². The first-order valence-corrected chi connectivity index (χ1v) is 6.68. The molecule has 2 nitrogen and oxygen atoms in total. The first kappa shape index (κ1) is 12.2. The van der Waals surface area contributed by atoms with Crippen LogP contribution in [-0.2, 0) is 19.3 Å². The van der Waals surface area contributed by atoms with Gasteiger partial charge in [-0.15, -0.1) is 0 Å². The first-order chi connectivity index (χ1) is 9.20. The third-order valence-corrected chi connectivity index (χ3v) is 3.94. The van der Waals surface area contributed by atoms with Gasteiger partial charge in [-0.3, -0.25) is 0 Å². The van der Waals surface area contributed by atoms with Crippen LogP contribution in [0.3, 0.4) is 0 Å². The zero-order chi connectivity index (χ0) is 13.3. The minimum absolute atomic E-state index is 0.182. The minimum Gasteiger partial charge on any atom is -0.496 e. The number of fused-ring (bicyclic) bond motifs is 1. The molecule has 0 saturated carbocycles. The fourth-order valence-electron chi connectivity index (χ4n) is 3.08. The second-order valence-corrected chi connectivity index (χ2v) is 5.47. The molecule has 0 heterocycles. The predicted molar refractivity (Wildman–Crippen MR) is 77.5 cm³/mol. The van der Waals surface area contributed by atoms with Gasteiger partial charge in [0.1, 0.15) is 5.75 Å². The average Bonchev–Trinajstić information content (AvgIpc) is 2.75. The summed E-state index contributed by atoms with van der Waals surface area (Å²) in [7, 11) is 1.71. The summed E-state index contributed by atoms with van der Waals surface area (Å²) in [6.07, 6.45) is 2.74. The summed E-state index contributed by atoms with van der Waals surface area (Å²) in [5.41, 5.74) is 10.4.